The number of hydrogen-bond donors (Lipinski definition) is 3. The number of carbonyl (C=O) groups is 1. The van der Waals surface area contributed by atoms with Crippen LogP contribution in [0.1, 0.15) is 29.8 Å². The van der Waals surface area contributed by atoms with Gasteiger partial charge in [-0.25, -0.2) is 0 Å². The normalized spacial score (nSPS) is 16.5. The second-order valence-corrected chi connectivity index (χ2v) is 6.83. The summed E-state index contributed by atoms with van der Waals surface area (Å²) in [5.74, 6) is 0.896. The molecule has 152 valence electrons. The lowest BCUT2D eigenvalue weighted by Crippen LogP contribution is -2.52. The summed E-state index contributed by atoms with van der Waals surface area (Å²) >= 11 is 0. The van der Waals surface area contributed by atoms with Crippen molar-refractivity contribution >= 4 is 35.8 Å². The molecule has 1 heterocycles. The van der Waals surface area contributed by atoms with E-state index in [0.29, 0.717) is 24.1 Å². The van der Waals surface area contributed by atoms with E-state index in [1.807, 2.05) is 12.1 Å². The molecular weight excluding hydrogens is 457 g/mol. The van der Waals surface area contributed by atoms with Crippen LogP contribution in [0.4, 0.5) is 0 Å². The fourth-order valence-corrected chi connectivity index (χ4v) is 3.09. The van der Waals surface area contributed by atoms with E-state index in [1.165, 1.54) is 0 Å². The number of ether oxygens (including phenoxy) is 1. The third kappa shape index (κ3) is 7.63. The van der Waals surface area contributed by atoms with Crippen LogP contribution in [0.2, 0.25) is 0 Å². The third-order valence-corrected chi connectivity index (χ3v) is 4.68. The fraction of sp³-hybridized carbons (Fsp3) is 0.579. The molecule has 0 bridgehead atoms. The summed E-state index contributed by atoms with van der Waals surface area (Å²) in [4.78, 5) is 17.9. The number of hydrogen-bond acceptors (Lipinski definition) is 4. The van der Waals surface area contributed by atoms with Crippen LogP contribution in [0.3, 0.4) is 0 Å². The Bertz CT molecular complexity index is 601. The Kier molecular flexibility index (Phi) is 10.6. The average molecular weight is 489 g/mol. The smallest absolute Gasteiger partial charge is 0.248 e. The van der Waals surface area contributed by atoms with Crippen LogP contribution in [0, 0.1) is 5.92 Å². The lowest BCUT2D eigenvalue weighted by Gasteiger charge is -2.37. The van der Waals surface area contributed by atoms with Crippen molar-refractivity contribution in [2.45, 2.75) is 26.4 Å². The molecule has 27 heavy (non-hydrogen) atoms. The molecule has 1 aliphatic heterocycles. The topological polar surface area (TPSA) is 92.0 Å². The van der Waals surface area contributed by atoms with Gasteiger partial charge in [-0.1, -0.05) is 26.0 Å². The molecule has 1 unspecified atom stereocenters. The predicted octanol–water partition coefficient (Wildman–Crippen LogP) is 1.43. The maximum atomic E-state index is 11.1. The highest BCUT2D eigenvalue weighted by Crippen LogP contribution is 2.12. The molecule has 0 saturated carbocycles. The number of nitrogens with zero attached hydrogens (tertiary/aromatic N) is 2. The zero-order valence-corrected chi connectivity index (χ0v) is 18.7. The van der Waals surface area contributed by atoms with Crippen molar-refractivity contribution < 1.29 is 9.53 Å². The van der Waals surface area contributed by atoms with Crippen LogP contribution in [0.25, 0.3) is 0 Å². The number of guanidine groups is 1. The molecule has 0 aliphatic carbocycles. The Balaban J connectivity index is 0.00000364. The summed E-state index contributed by atoms with van der Waals surface area (Å²) in [6.45, 7) is 9.51. The van der Waals surface area contributed by atoms with Crippen LogP contribution in [-0.2, 0) is 11.3 Å². The summed E-state index contributed by atoms with van der Waals surface area (Å²) in [7, 11) is 1.77. The molecule has 1 saturated heterocycles. The number of rotatable bonds is 7. The lowest BCUT2D eigenvalue weighted by atomic mass is 10.0. The zero-order chi connectivity index (χ0) is 18.9. The maximum Gasteiger partial charge on any atom is 0.248 e. The van der Waals surface area contributed by atoms with E-state index >= 15 is 0 Å². The van der Waals surface area contributed by atoms with E-state index < -0.39 is 5.91 Å². The molecule has 1 aromatic carbocycles. The lowest BCUT2D eigenvalue weighted by molar-refractivity contribution is 0.00752. The molecular formula is C19H32IN5O2. The maximum absolute atomic E-state index is 11.1. The monoisotopic (exact) mass is 489 g/mol. The van der Waals surface area contributed by atoms with Crippen LogP contribution in [-0.4, -0.2) is 62.7 Å². The first-order valence-corrected chi connectivity index (χ1v) is 9.16. The number of aliphatic imine (C=N–C) groups is 1. The van der Waals surface area contributed by atoms with Gasteiger partial charge in [0.15, 0.2) is 5.96 Å². The standard InChI is InChI=1S/C19H31N5O2.HI/c1-14(2)17(24-8-10-26-11-9-24)13-23-19(21-3)22-12-15-4-6-16(7-5-15)18(20)25;/h4-7,14,17H,8-13H2,1-3H3,(H2,20,25)(H2,21,22,23);1H. The number of amides is 1. The van der Waals surface area contributed by atoms with Gasteiger partial charge in [0.1, 0.15) is 0 Å². The first-order valence-electron chi connectivity index (χ1n) is 9.16. The van der Waals surface area contributed by atoms with E-state index in [4.69, 9.17) is 10.5 Å². The number of benzene rings is 1. The van der Waals surface area contributed by atoms with Crippen molar-refractivity contribution in [1.29, 1.82) is 0 Å². The van der Waals surface area contributed by atoms with E-state index in [1.54, 1.807) is 19.2 Å². The Hall–Kier alpha value is -1.39. The van der Waals surface area contributed by atoms with Crippen molar-refractivity contribution in [2.75, 3.05) is 39.9 Å². The molecule has 0 spiro atoms. The minimum absolute atomic E-state index is 0. The van der Waals surface area contributed by atoms with Crippen molar-refractivity contribution in [2.24, 2.45) is 16.6 Å². The third-order valence-electron chi connectivity index (χ3n) is 4.68. The molecule has 7 nitrogen and oxygen atoms in total. The number of carbonyl (C=O) groups excluding carboxylic acids is 1. The molecule has 2 rings (SSSR count). The molecule has 4 N–H and O–H groups in total. The Morgan fingerprint density at radius 2 is 1.85 bits per heavy atom. The zero-order valence-electron chi connectivity index (χ0n) is 16.4. The van der Waals surface area contributed by atoms with Gasteiger partial charge in [0.2, 0.25) is 5.91 Å². The van der Waals surface area contributed by atoms with E-state index in [2.05, 4.69) is 34.4 Å². The Morgan fingerprint density at radius 1 is 1.22 bits per heavy atom. The Morgan fingerprint density at radius 3 is 2.37 bits per heavy atom. The quantitative estimate of drug-likeness (QED) is 0.306. The van der Waals surface area contributed by atoms with Crippen molar-refractivity contribution in [1.82, 2.24) is 15.5 Å². The van der Waals surface area contributed by atoms with Gasteiger partial charge in [0.05, 0.1) is 13.2 Å². The van der Waals surface area contributed by atoms with Gasteiger partial charge in [0, 0.05) is 44.8 Å². The van der Waals surface area contributed by atoms with E-state index in [-0.39, 0.29) is 24.0 Å². The van der Waals surface area contributed by atoms with Gasteiger partial charge >= 0.3 is 0 Å². The number of morpholine rings is 1. The van der Waals surface area contributed by atoms with Gasteiger partial charge in [0.25, 0.3) is 0 Å². The minimum Gasteiger partial charge on any atom is -0.379 e. The largest absolute Gasteiger partial charge is 0.379 e. The number of nitrogens with two attached hydrogens (primary N) is 1. The summed E-state index contributed by atoms with van der Waals surface area (Å²) in [6, 6.07) is 7.70. The van der Waals surface area contributed by atoms with E-state index in [9.17, 15) is 4.79 Å². The van der Waals surface area contributed by atoms with Crippen LogP contribution in [0.15, 0.2) is 29.3 Å². The highest BCUT2D eigenvalue weighted by atomic mass is 127. The first kappa shape index (κ1) is 23.6. The van der Waals surface area contributed by atoms with Crippen LogP contribution >= 0.6 is 24.0 Å². The Labute approximate surface area is 179 Å². The van der Waals surface area contributed by atoms with Gasteiger partial charge in [-0.2, -0.15) is 0 Å². The van der Waals surface area contributed by atoms with Crippen LogP contribution in [0.5, 0.6) is 0 Å². The van der Waals surface area contributed by atoms with Crippen molar-refractivity contribution in [3.05, 3.63) is 35.4 Å². The molecule has 1 aromatic rings. The van der Waals surface area contributed by atoms with Gasteiger partial charge in [-0.15, -0.1) is 24.0 Å². The van der Waals surface area contributed by atoms with Crippen molar-refractivity contribution in [3.63, 3.8) is 0 Å². The molecule has 0 aromatic heterocycles. The highest BCUT2D eigenvalue weighted by Gasteiger charge is 2.23. The summed E-state index contributed by atoms with van der Waals surface area (Å²) in [5, 5.41) is 6.74. The molecule has 8 heteroatoms. The molecule has 1 atom stereocenters. The molecule has 1 aliphatic rings. The molecule has 1 amide bonds. The van der Waals surface area contributed by atoms with Crippen LogP contribution < -0.4 is 16.4 Å². The number of nitrogens with one attached hydrogen (secondary N) is 2. The SMILES string of the molecule is CN=C(NCc1ccc(C(N)=O)cc1)NCC(C(C)C)N1CCOCC1.I. The highest BCUT2D eigenvalue weighted by molar-refractivity contribution is 14.0. The van der Waals surface area contributed by atoms with Gasteiger partial charge in [-0.3, -0.25) is 14.7 Å². The fourth-order valence-electron chi connectivity index (χ4n) is 3.09. The number of primary amides is 1. The second-order valence-electron chi connectivity index (χ2n) is 6.83. The minimum atomic E-state index is -0.412. The molecule has 0 radical (unpaired) electrons. The van der Waals surface area contributed by atoms with E-state index in [0.717, 1.165) is 44.4 Å². The summed E-state index contributed by atoms with van der Waals surface area (Å²) in [6.07, 6.45) is 0. The average Bonchev–Trinajstić information content (AvgIpc) is 2.65. The van der Waals surface area contributed by atoms with Gasteiger partial charge < -0.3 is 21.1 Å². The second kappa shape index (κ2) is 12.1. The summed E-state index contributed by atoms with van der Waals surface area (Å²) in [5.41, 5.74) is 6.84. The molecule has 1 fully saturated rings. The van der Waals surface area contributed by atoms with Crippen molar-refractivity contribution in [3.8, 4) is 0 Å². The predicted molar refractivity (Wildman–Crippen MR) is 120 cm³/mol. The first-order chi connectivity index (χ1) is 12.5. The van der Waals surface area contributed by atoms with Gasteiger partial charge in [-0.05, 0) is 23.6 Å². The summed E-state index contributed by atoms with van der Waals surface area (Å²) < 4.78 is 5.46. The number of halogens is 1.